The highest BCUT2D eigenvalue weighted by atomic mass is 14.9. The highest BCUT2D eigenvalue weighted by Gasteiger charge is 2.26. The topological polar surface area (TPSA) is 24.9 Å². The number of aromatic nitrogens is 1. The molecule has 0 unspecified atom stereocenters. The Hall–Kier alpha value is -1.57. The van der Waals surface area contributed by atoms with E-state index in [9.17, 15) is 0 Å². The van der Waals surface area contributed by atoms with Crippen molar-refractivity contribution in [3.8, 4) is 0 Å². The van der Waals surface area contributed by atoms with E-state index in [0.717, 1.165) is 13.0 Å². The normalized spacial score (nSPS) is 14.9. The molecule has 2 aromatic rings. The van der Waals surface area contributed by atoms with Gasteiger partial charge in [0.25, 0.3) is 0 Å². The first-order valence-electron chi connectivity index (χ1n) is 7.35. The van der Waals surface area contributed by atoms with Crippen LogP contribution in [0.25, 0.3) is 10.9 Å². The van der Waals surface area contributed by atoms with Gasteiger partial charge in [0.1, 0.15) is 0 Å². The number of pyridine rings is 1. The molecule has 2 nitrogen and oxygen atoms in total. The van der Waals surface area contributed by atoms with Crippen LogP contribution in [-0.2, 0) is 0 Å². The van der Waals surface area contributed by atoms with Crippen LogP contribution in [-0.4, -0.2) is 11.5 Å². The molecule has 1 aromatic carbocycles. The Bertz CT molecular complexity index is 612. The molecule has 3 rings (SSSR count). The van der Waals surface area contributed by atoms with E-state index >= 15 is 0 Å². The molecule has 100 valence electrons. The molecule has 1 aliphatic carbocycles. The third-order valence-electron chi connectivity index (χ3n) is 4.09. The lowest BCUT2D eigenvalue weighted by molar-refractivity contribution is 0.976. The smallest absolute Gasteiger partial charge is 0.0757 e. The molecule has 0 aliphatic heterocycles. The second-order valence-electron chi connectivity index (χ2n) is 5.70. The van der Waals surface area contributed by atoms with Crippen molar-refractivity contribution >= 4 is 16.6 Å². The van der Waals surface area contributed by atoms with Gasteiger partial charge in [-0.3, -0.25) is 4.98 Å². The number of anilines is 1. The zero-order chi connectivity index (χ0) is 13.4. The largest absolute Gasteiger partial charge is 0.384 e. The molecular formula is C17H22N2. The number of hydrogen-bond donors (Lipinski definition) is 1. The number of aryl methyl sites for hydroxylation is 2. The van der Waals surface area contributed by atoms with E-state index in [1.54, 1.807) is 0 Å². The first kappa shape index (κ1) is 12.5. The number of fused-ring (bicyclic) bond motifs is 1. The second kappa shape index (κ2) is 4.84. The van der Waals surface area contributed by atoms with Gasteiger partial charge in [-0.2, -0.15) is 0 Å². The average molecular weight is 254 g/mol. The molecular weight excluding hydrogens is 232 g/mol. The Morgan fingerprint density at radius 1 is 1.26 bits per heavy atom. The summed E-state index contributed by atoms with van der Waals surface area (Å²) in [5.41, 5.74) is 6.37. The summed E-state index contributed by atoms with van der Waals surface area (Å²) >= 11 is 0. The fraction of sp³-hybridized carbons (Fsp3) is 0.471. The standard InChI is InChI=1S/C17H22N2/c1-4-9-18-16-10-15(13-6-7-13)19-17-12(3)11(2)5-8-14(16)17/h5,8,10,13H,4,6-7,9H2,1-3H3,(H,18,19). The van der Waals surface area contributed by atoms with Crippen LogP contribution in [0.3, 0.4) is 0 Å². The summed E-state index contributed by atoms with van der Waals surface area (Å²) < 4.78 is 0. The molecule has 1 heterocycles. The second-order valence-corrected chi connectivity index (χ2v) is 5.70. The quantitative estimate of drug-likeness (QED) is 0.865. The van der Waals surface area contributed by atoms with E-state index in [1.165, 1.54) is 46.3 Å². The Kier molecular flexibility index (Phi) is 3.17. The van der Waals surface area contributed by atoms with Crippen LogP contribution in [0.5, 0.6) is 0 Å². The minimum atomic E-state index is 0.700. The average Bonchev–Trinajstić information content (AvgIpc) is 3.24. The van der Waals surface area contributed by atoms with Crippen molar-refractivity contribution in [1.29, 1.82) is 0 Å². The van der Waals surface area contributed by atoms with E-state index in [2.05, 4.69) is 44.3 Å². The van der Waals surface area contributed by atoms with Crippen LogP contribution in [0.15, 0.2) is 18.2 Å². The lowest BCUT2D eigenvalue weighted by atomic mass is 10.0. The van der Waals surface area contributed by atoms with Crippen molar-refractivity contribution in [2.75, 3.05) is 11.9 Å². The van der Waals surface area contributed by atoms with Crippen molar-refractivity contribution in [3.05, 3.63) is 35.0 Å². The molecule has 19 heavy (non-hydrogen) atoms. The predicted octanol–water partition coefficient (Wildman–Crippen LogP) is 4.55. The molecule has 0 amide bonds. The summed E-state index contributed by atoms with van der Waals surface area (Å²) in [6.07, 6.45) is 3.75. The molecule has 0 spiro atoms. The van der Waals surface area contributed by atoms with Crippen LogP contribution in [0, 0.1) is 13.8 Å². The van der Waals surface area contributed by atoms with Crippen LogP contribution in [0.4, 0.5) is 5.69 Å². The predicted molar refractivity (Wildman–Crippen MR) is 82.0 cm³/mol. The molecule has 1 aromatic heterocycles. The lowest BCUT2D eigenvalue weighted by Gasteiger charge is -2.13. The van der Waals surface area contributed by atoms with Gasteiger partial charge in [0.05, 0.1) is 5.52 Å². The highest BCUT2D eigenvalue weighted by Crippen LogP contribution is 2.41. The summed E-state index contributed by atoms with van der Waals surface area (Å²) in [6.45, 7) is 7.58. The number of benzene rings is 1. The highest BCUT2D eigenvalue weighted by molar-refractivity contribution is 5.94. The van der Waals surface area contributed by atoms with Crippen molar-refractivity contribution in [3.63, 3.8) is 0 Å². The molecule has 1 aliphatic rings. The van der Waals surface area contributed by atoms with E-state index < -0.39 is 0 Å². The van der Waals surface area contributed by atoms with Gasteiger partial charge in [0, 0.05) is 29.2 Å². The maximum absolute atomic E-state index is 4.93. The molecule has 0 radical (unpaired) electrons. The number of nitrogens with zero attached hydrogens (tertiary/aromatic N) is 1. The van der Waals surface area contributed by atoms with Crippen molar-refractivity contribution in [1.82, 2.24) is 4.98 Å². The summed E-state index contributed by atoms with van der Waals surface area (Å²) in [7, 11) is 0. The van der Waals surface area contributed by atoms with Gasteiger partial charge < -0.3 is 5.32 Å². The molecule has 1 N–H and O–H groups in total. The van der Waals surface area contributed by atoms with Gasteiger partial charge in [-0.15, -0.1) is 0 Å². The molecule has 0 bridgehead atoms. The molecule has 0 saturated heterocycles. The number of nitrogens with one attached hydrogen (secondary N) is 1. The van der Waals surface area contributed by atoms with Crippen molar-refractivity contribution < 1.29 is 0 Å². The van der Waals surface area contributed by atoms with E-state index in [4.69, 9.17) is 4.98 Å². The Morgan fingerprint density at radius 3 is 2.74 bits per heavy atom. The fourth-order valence-electron chi connectivity index (χ4n) is 2.54. The molecule has 2 heteroatoms. The summed E-state index contributed by atoms with van der Waals surface area (Å²) in [4.78, 5) is 4.93. The monoisotopic (exact) mass is 254 g/mol. The van der Waals surface area contributed by atoms with Gasteiger partial charge in [-0.1, -0.05) is 19.1 Å². The fourth-order valence-corrected chi connectivity index (χ4v) is 2.54. The number of hydrogen-bond acceptors (Lipinski definition) is 2. The third kappa shape index (κ3) is 2.32. The van der Waals surface area contributed by atoms with E-state index in [-0.39, 0.29) is 0 Å². The maximum atomic E-state index is 4.93. The Balaban J connectivity index is 2.17. The van der Waals surface area contributed by atoms with E-state index in [0.29, 0.717) is 5.92 Å². The minimum absolute atomic E-state index is 0.700. The first-order chi connectivity index (χ1) is 9.20. The SMILES string of the molecule is CCCNc1cc(C2CC2)nc2c(C)c(C)ccc12. The third-order valence-corrected chi connectivity index (χ3v) is 4.09. The summed E-state index contributed by atoms with van der Waals surface area (Å²) in [5.74, 6) is 0.700. The van der Waals surface area contributed by atoms with Gasteiger partial charge in [0.15, 0.2) is 0 Å². The summed E-state index contributed by atoms with van der Waals surface area (Å²) in [5, 5.41) is 4.83. The van der Waals surface area contributed by atoms with Gasteiger partial charge in [0.2, 0.25) is 0 Å². The number of rotatable bonds is 4. The van der Waals surface area contributed by atoms with Gasteiger partial charge in [-0.05, 0) is 50.3 Å². The lowest BCUT2D eigenvalue weighted by Crippen LogP contribution is -2.03. The van der Waals surface area contributed by atoms with Gasteiger partial charge in [-0.25, -0.2) is 0 Å². The van der Waals surface area contributed by atoms with Crippen LogP contribution >= 0.6 is 0 Å². The zero-order valence-electron chi connectivity index (χ0n) is 12.1. The first-order valence-corrected chi connectivity index (χ1v) is 7.35. The minimum Gasteiger partial charge on any atom is -0.384 e. The zero-order valence-corrected chi connectivity index (χ0v) is 12.1. The van der Waals surface area contributed by atoms with Gasteiger partial charge >= 0.3 is 0 Å². The Labute approximate surface area is 115 Å². The molecule has 1 fully saturated rings. The Morgan fingerprint density at radius 2 is 2.05 bits per heavy atom. The molecule has 1 saturated carbocycles. The summed E-state index contributed by atoms with van der Waals surface area (Å²) in [6, 6.07) is 6.68. The maximum Gasteiger partial charge on any atom is 0.0757 e. The van der Waals surface area contributed by atoms with Crippen LogP contribution in [0.1, 0.15) is 48.9 Å². The van der Waals surface area contributed by atoms with Crippen molar-refractivity contribution in [2.45, 2.75) is 46.0 Å². The van der Waals surface area contributed by atoms with Crippen LogP contribution in [0.2, 0.25) is 0 Å². The van der Waals surface area contributed by atoms with Crippen LogP contribution < -0.4 is 5.32 Å². The van der Waals surface area contributed by atoms with E-state index in [1.807, 2.05) is 0 Å². The van der Waals surface area contributed by atoms with Crippen molar-refractivity contribution in [2.24, 2.45) is 0 Å². The molecule has 0 atom stereocenters.